The van der Waals surface area contributed by atoms with E-state index in [4.69, 9.17) is 0 Å². The molecule has 2 N–H and O–H groups in total. The van der Waals surface area contributed by atoms with Gasteiger partial charge in [-0.05, 0) is 30.4 Å². The molecule has 1 aromatic carbocycles. The summed E-state index contributed by atoms with van der Waals surface area (Å²) in [4.78, 5) is 23.6. The predicted molar refractivity (Wildman–Crippen MR) is 79.5 cm³/mol. The Morgan fingerprint density at radius 2 is 1.95 bits per heavy atom. The molecule has 20 heavy (non-hydrogen) atoms. The maximum atomic E-state index is 11.9. The molecule has 2 amide bonds. The fourth-order valence-electron chi connectivity index (χ4n) is 2.29. The van der Waals surface area contributed by atoms with Gasteiger partial charge in [-0.15, -0.1) is 0 Å². The summed E-state index contributed by atoms with van der Waals surface area (Å²) >= 11 is 0. The molecular formula is C16H22N2O2. The smallest absolute Gasteiger partial charge is 0.243 e. The average molecular weight is 274 g/mol. The Bertz CT molecular complexity index is 493. The van der Waals surface area contributed by atoms with Gasteiger partial charge in [0, 0.05) is 11.6 Å². The molecule has 0 aliphatic heterocycles. The van der Waals surface area contributed by atoms with E-state index >= 15 is 0 Å². The Hall–Kier alpha value is -1.84. The van der Waals surface area contributed by atoms with Gasteiger partial charge in [-0.2, -0.15) is 0 Å². The van der Waals surface area contributed by atoms with Crippen LogP contribution in [0.25, 0.3) is 0 Å². The molecule has 0 radical (unpaired) electrons. The molecule has 2 rings (SSSR count). The first kappa shape index (κ1) is 14.6. The van der Waals surface area contributed by atoms with Gasteiger partial charge < -0.3 is 10.6 Å². The summed E-state index contributed by atoms with van der Waals surface area (Å²) in [6.45, 7) is 4.22. The van der Waals surface area contributed by atoms with Crippen LogP contribution in [0.1, 0.15) is 44.6 Å². The third-order valence-electron chi connectivity index (χ3n) is 3.76. The number of para-hydroxylation sites is 1. The molecule has 0 saturated heterocycles. The molecule has 1 aliphatic carbocycles. The second-order valence-electron chi connectivity index (χ2n) is 5.64. The van der Waals surface area contributed by atoms with Crippen molar-refractivity contribution in [2.24, 2.45) is 5.92 Å². The molecule has 1 aromatic rings. The van der Waals surface area contributed by atoms with Crippen molar-refractivity contribution < 1.29 is 9.59 Å². The average Bonchev–Trinajstić information content (AvgIpc) is 2.34. The van der Waals surface area contributed by atoms with Crippen LogP contribution in [0.15, 0.2) is 24.3 Å². The largest absolute Gasteiger partial charge is 0.347 e. The molecule has 1 aliphatic rings. The van der Waals surface area contributed by atoms with Gasteiger partial charge in [0.25, 0.3) is 0 Å². The first-order valence-corrected chi connectivity index (χ1v) is 7.24. The zero-order valence-electron chi connectivity index (χ0n) is 12.1. The molecule has 1 saturated carbocycles. The standard InChI is InChI=1S/C16H22N2O2/c1-11(2)13-8-3-4-9-14(13)18-15(19)10-17-16(20)12-6-5-7-12/h3-4,8-9,11-12H,5-7,10H2,1-2H3,(H,17,20)(H,18,19). The van der Waals surface area contributed by atoms with Crippen molar-refractivity contribution in [2.75, 3.05) is 11.9 Å². The van der Waals surface area contributed by atoms with Gasteiger partial charge >= 0.3 is 0 Å². The Morgan fingerprint density at radius 3 is 2.55 bits per heavy atom. The molecular weight excluding hydrogens is 252 g/mol. The van der Waals surface area contributed by atoms with E-state index in [-0.39, 0.29) is 24.3 Å². The Morgan fingerprint density at radius 1 is 1.25 bits per heavy atom. The first-order chi connectivity index (χ1) is 9.58. The Labute approximate surface area is 119 Å². The van der Waals surface area contributed by atoms with Crippen LogP contribution in [0, 0.1) is 5.92 Å². The van der Waals surface area contributed by atoms with E-state index in [1.54, 1.807) is 0 Å². The summed E-state index contributed by atoms with van der Waals surface area (Å²) in [5, 5.41) is 5.57. The number of carbonyl (C=O) groups is 2. The van der Waals surface area contributed by atoms with Gasteiger partial charge in [0.15, 0.2) is 0 Å². The molecule has 4 nitrogen and oxygen atoms in total. The van der Waals surface area contributed by atoms with Crippen molar-refractivity contribution in [1.82, 2.24) is 5.32 Å². The number of benzene rings is 1. The zero-order chi connectivity index (χ0) is 14.5. The highest BCUT2D eigenvalue weighted by Gasteiger charge is 2.25. The first-order valence-electron chi connectivity index (χ1n) is 7.24. The third kappa shape index (κ3) is 3.59. The van der Waals surface area contributed by atoms with Crippen LogP contribution in [0.4, 0.5) is 5.69 Å². The monoisotopic (exact) mass is 274 g/mol. The van der Waals surface area contributed by atoms with Gasteiger partial charge in [0.05, 0.1) is 6.54 Å². The van der Waals surface area contributed by atoms with Crippen molar-refractivity contribution in [2.45, 2.75) is 39.0 Å². The maximum absolute atomic E-state index is 11.9. The highest BCUT2D eigenvalue weighted by Crippen LogP contribution is 2.26. The van der Waals surface area contributed by atoms with Crippen molar-refractivity contribution >= 4 is 17.5 Å². The lowest BCUT2D eigenvalue weighted by Crippen LogP contribution is -2.39. The lowest BCUT2D eigenvalue weighted by atomic mass is 9.85. The zero-order valence-corrected chi connectivity index (χ0v) is 12.1. The van der Waals surface area contributed by atoms with E-state index < -0.39 is 0 Å². The van der Waals surface area contributed by atoms with E-state index in [0.717, 1.165) is 30.5 Å². The van der Waals surface area contributed by atoms with Crippen LogP contribution in [0.5, 0.6) is 0 Å². The number of anilines is 1. The maximum Gasteiger partial charge on any atom is 0.243 e. The van der Waals surface area contributed by atoms with E-state index in [0.29, 0.717) is 5.92 Å². The van der Waals surface area contributed by atoms with Gasteiger partial charge in [-0.25, -0.2) is 0 Å². The molecule has 0 bridgehead atoms. The van der Waals surface area contributed by atoms with E-state index in [9.17, 15) is 9.59 Å². The molecule has 4 heteroatoms. The summed E-state index contributed by atoms with van der Waals surface area (Å²) in [6, 6.07) is 7.76. The fraction of sp³-hybridized carbons (Fsp3) is 0.500. The molecule has 0 spiro atoms. The summed E-state index contributed by atoms with van der Waals surface area (Å²) < 4.78 is 0. The molecule has 1 fully saturated rings. The highest BCUT2D eigenvalue weighted by atomic mass is 16.2. The minimum Gasteiger partial charge on any atom is -0.347 e. The summed E-state index contributed by atoms with van der Waals surface area (Å²) in [5.74, 6) is 0.288. The van der Waals surface area contributed by atoms with Crippen molar-refractivity contribution in [3.63, 3.8) is 0 Å². The van der Waals surface area contributed by atoms with Crippen molar-refractivity contribution in [1.29, 1.82) is 0 Å². The third-order valence-corrected chi connectivity index (χ3v) is 3.76. The molecule has 0 unspecified atom stereocenters. The topological polar surface area (TPSA) is 58.2 Å². The number of hydrogen-bond acceptors (Lipinski definition) is 2. The van der Waals surface area contributed by atoms with Crippen LogP contribution in [0.2, 0.25) is 0 Å². The van der Waals surface area contributed by atoms with Gasteiger partial charge in [0.1, 0.15) is 0 Å². The van der Waals surface area contributed by atoms with Gasteiger partial charge in [0.2, 0.25) is 11.8 Å². The van der Waals surface area contributed by atoms with Crippen LogP contribution in [0.3, 0.4) is 0 Å². The molecule has 0 atom stereocenters. The SMILES string of the molecule is CC(C)c1ccccc1NC(=O)CNC(=O)C1CCC1. The van der Waals surface area contributed by atoms with Crippen LogP contribution >= 0.6 is 0 Å². The molecule has 108 valence electrons. The number of hydrogen-bond donors (Lipinski definition) is 2. The Kier molecular flexibility index (Phi) is 4.77. The minimum atomic E-state index is -0.175. The highest BCUT2D eigenvalue weighted by molar-refractivity contribution is 5.95. The number of amides is 2. The normalized spacial score (nSPS) is 14.8. The van der Waals surface area contributed by atoms with Crippen LogP contribution in [-0.2, 0) is 9.59 Å². The second-order valence-corrected chi connectivity index (χ2v) is 5.64. The van der Waals surface area contributed by atoms with Crippen molar-refractivity contribution in [3.05, 3.63) is 29.8 Å². The van der Waals surface area contributed by atoms with Crippen LogP contribution < -0.4 is 10.6 Å². The van der Waals surface area contributed by atoms with E-state index in [1.807, 2.05) is 24.3 Å². The van der Waals surface area contributed by atoms with E-state index in [2.05, 4.69) is 24.5 Å². The minimum absolute atomic E-state index is 0.00328. The van der Waals surface area contributed by atoms with Gasteiger partial charge in [-0.3, -0.25) is 9.59 Å². The summed E-state index contributed by atoms with van der Waals surface area (Å²) in [6.07, 6.45) is 3.01. The fourth-order valence-corrected chi connectivity index (χ4v) is 2.29. The molecule has 0 heterocycles. The predicted octanol–water partition coefficient (Wildman–Crippen LogP) is 2.66. The van der Waals surface area contributed by atoms with Crippen molar-refractivity contribution in [3.8, 4) is 0 Å². The summed E-state index contributed by atoms with van der Waals surface area (Å²) in [7, 11) is 0. The van der Waals surface area contributed by atoms with Crippen LogP contribution in [-0.4, -0.2) is 18.4 Å². The van der Waals surface area contributed by atoms with Gasteiger partial charge in [-0.1, -0.05) is 38.5 Å². The lowest BCUT2D eigenvalue weighted by molar-refractivity contribution is -0.129. The lowest BCUT2D eigenvalue weighted by Gasteiger charge is -2.23. The number of carbonyl (C=O) groups excluding carboxylic acids is 2. The number of rotatable bonds is 5. The Balaban J connectivity index is 1.86. The second kappa shape index (κ2) is 6.55. The summed E-state index contributed by atoms with van der Waals surface area (Å²) in [5.41, 5.74) is 1.93. The number of nitrogens with one attached hydrogen (secondary N) is 2. The molecule has 0 aromatic heterocycles. The quantitative estimate of drug-likeness (QED) is 0.867. The van der Waals surface area contributed by atoms with E-state index in [1.165, 1.54) is 0 Å².